The lowest BCUT2D eigenvalue weighted by atomic mass is 10.3. The topological polar surface area (TPSA) is 43.8 Å². The van der Waals surface area contributed by atoms with Crippen molar-refractivity contribution >= 4 is 35.8 Å². The molecule has 0 radical (unpaired) electrons. The molecule has 0 fully saturated rings. The highest BCUT2D eigenvalue weighted by molar-refractivity contribution is 5.85. The Morgan fingerprint density at radius 3 is 2.60 bits per heavy atom. The second-order valence-corrected chi connectivity index (χ2v) is 3.09. The van der Waals surface area contributed by atoms with E-state index in [-0.39, 0.29) is 24.8 Å². The smallest absolute Gasteiger partial charge is 0.106 e. The highest BCUT2D eigenvalue weighted by Crippen LogP contribution is 2.14. The molecule has 0 aliphatic rings. The molecule has 0 amide bonds. The Balaban J connectivity index is 0.000000980. The minimum absolute atomic E-state index is 0. The average Bonchev–Trinajstić information content (AvgIpc) is 2.44. The van der Waals surface area contributed by atoms with Crippen LogP contribution in [0.15, 0.2) is 24.3 Å². The first kappa shape index (κ1) is 14.2. The molecular weight excluding hydrogens is 233 g/mol. The Bertz CT molecular complexity index is 426. The van der Waals surface area contributed by atoms with E-state index < -0.39 is 0 Å². The summed E-state index contributed by atoms with van der Waals surface area (Å²) >= 11 is 0. The van der Waals surface area contributed by atoms with E-state index in [0.29, 0.717) is 6.54 Å². The second-order valence-electron chi connectivity index (χ2n) is 3.09. The van der Waals surface area contributed by atoms with Gasteiger partial charge in [-0.3, -0.25) is 0 Å². The van der Waals surface area contributed by atoms with E-state index >= 15 is 0 Å². The molecule has 0 unspecified atom stereocenters. The van der Waals surface area contributed by atoms with Crippen LogP contribution in [-0.2, 0) is 6.54 Å². The van der Waals surface area contributed by atoms with Crippen molar-refractivity contribution in [3.63, 3.8) is 0 Å². The Morgan fingerprint density at radius 1 is 1.27 bits per heavy atom. The summed E-state index contributed by atoms with van der Waals surface area (Å²) in [6, 6.07) is 8.12. The van der Waals surface area contributed by atoms with Crippen molar-refractivity contribution < 1.29 is 0 Å². The van der Waals surface area contributed by atoms with Gasteiger partial charge in [-0.15, -0.1) is 24.8 Å². The molecule has 5 heteroatoms. The van der Waals surface area contributed by atoms with Crippen molar-refractivity contribution in [3.8, 4) is 0 Å². The van der Waals surface area contributed by atoms with Crippen molar-refractivity contribution in [2.45, 2.75) is 13.5 Å². The van der Waals surface area contributed by atoms with Gasteiger partial charge < -0.3 is 10.3 Å². The van der Waals surface area contributed by atoms with Crippen molar-refractivity contribution in [2.24, 2.45) is 5.73 Å². The number of benzene rings is 1. The quantitative estimate of drug-likeness (QED) is 0.884. The van der Waals surface area contributed by atoms with Crippen LogP contribution in [0.4, 0.5) is 0 Å². The lowest BCUT2D eigenvalue weighted by molar-refractivity contribution is 0.703. The Labute approximate surface area is 101 Å². The summed E-state index contributed by atoms with van der Waals surface area (Å²) < 4.78 is 2.15. The summed E-state index contributed by atoms with van der Waals surface area (Å²) in [4.78, 5) is 4.44. The number of hydrogen-bond acceptors (Lipinski definition) is 2. The fourth-order valence-corrected chi connectivity index (χ4v) is 1.61. The van der Waals surface area contributed by atoms with Gasteiger partial charge in [0.1, 0.15) is 5.82 Å². The number of nitrogens with zero attached hydrogens (tertiary/aromatic N) is 2. The standard InChI is InChI=1S/C10H13N3.2ClH/c1-8-12-9-4-2-3-5-10(9)13(8)7-6-11;;/h2-5H,6-7,11H2,1H3;2*1H. The molecule has 0 spiro atoms. The molecule has 84 valence electrons. The van der Waals surface area contributed by atoms with Gasteiger partial charge in [0.15, 0.2) is 0 Å². The molecule has 0 bridgehead atoms. The molecule has 3 nitrogen and oxygen atoms in total. The number of aryl methyl sites for hydroxylation is 1. The predicted molar refractivity (Wildman–Crippen MR) is 68.0 cm³/mol. The molecule has 2 rings (SSSR count). The predicted octanol–water partition coefficient (Wildman–Crippen LogP) is 2.15. The van der Waals surface area contributed by atoms with Crippen LogP contribution in [0.1, 0.15) is 5.82 Å². The van der Waals surface area contributed by atoms with E-state index in [1.165, 1.54) is 5.52 Å². The van der Waals surface area contributed by atoms with E-state index in [1.54, 1.807) is 0 Å². The van der Waals surface area contributed by atoms with E-state index in [9.17, 15) is 0 Å². The van der Waals surface area contributed by atoms with E-state index in [4.69, 9.17) is 5.73 Å². The molecule has 0 aliphatic carbocycles. The summed E-state index contributed by atoms with van der Waals surface area (Å²) in [5.74, 6) is 1.03. The first-order chi connectivity index (χ1) is 6.33. The van der Waals surface area contributed by atoms with E-state index in [1.807, 2.05) is 25.1 Å². The maximum atomic E-state index is 5.53. The van der Waals surface area contributed by atoms with Crippen molar-refractivity contribution in [1.82, 2.24) is 9.55 Å². The van der Waals surface area contributed by atoms with Gasteiger partial charge in [-0.2, -0.15) is 0 Å². The highest BCUT2D eigenvalue weighted by atomic mass is 35.5. The second kappa shape index (κ2) is 5.95. The summed E-state index contributed by atoms with van der Waals surface area (Å²) in [7, 11) is 0. The highest BCUT2D eigenvalue weighted by Gasteiger charge is 2.04. The fraction of sp³-hybridized carbons (Fsp3) is 0.300. The van der Waals surface area contributed by atoms with Gasteiger partial charge in [0.05, 0.1) is 11.0 Å². The lowest BCUT2D eigenvalue weighted by Gasteiger charge is -2.03. The molecule has 0 saturated heterocycles. The molecular formula is C10H15Cl2N3. The minimum Gasteiger partial charge on any atom is -0.329 e. The van der Waals surface area contributed by atoms with Gasteiger partial charge >= 0.3 is 0 Å². The zero-order valence-electron chi connectivity index (χ0n) is 8.51. The summed E-state index contributed by atoms with van der Waals surface area (Å²) in [5, 5.41) is 0. The maximum absolute atomic E-state index is 5.53. The zero-order chi connectivity index (χ0) is 9.26. The Kier molecular flexibility index (Phi) is 5.65. The fourth-order valence-electron chi connectivity index (χ4n) is 1.61. The molecule has 1 aromatic heterocycles. The number of fused-ring (bicyclic) bond motifs is 1. The van der Waals surface area contributed by atoms with Gasteiger partial charge in [0, 0.05) is 13.1 Å². The number of hydrogen-bond donors (Lipinski definition) is 1. The summed E-state index contributed by atoms with van der Waals surface area (Å²) in [5.41, 5.74) is 7.75. The maximum Gasteiger partial charge on any atom is 0.106 e. The number of nitrogens with two attached hydrogens (primary N) is 1. The first-order valence-electron chi connectivity index (χ1n) is 4.45. The third kappa shape index (κ3) is 2.62. The summed E-state index contributed by atoms with van der Waals surface area (Å²) in [6.07, 6.45) is 0. The van der Waals surface area contributed by atoms with E-state index in [2.05, 4.69) is 15.6 Å². The van der Waals surface area contributed by atoms with Crippen molar-refractivity contribution in [1.29, 1.82) is 0 Å². The number of rotatable bonds is 2. The third-order valence-corrected chi connectivity index (χ3v) is 2.20. The lowest BCUT2D eigenvalue weighted by Crippen LogP contribution is -2.10. The Morgan fingerprint density at radius 2 is 1.93 bits per heavy atom. The van der Waals surface area contributed by atoms with Crippen LogP contribution >= 0.6 is 24.8 Å². The molecule has 1 heterocycles. The van der Waals surface area contributed by atoms with Crippen LogP contribution in [0.2, 0.25) is 0 Å². The van der Waals surface area contributed by atoms with Crippen molar-refractivity contribution in [3.05, 3.63) is 30.1 Å². The third-order valence-electron chi connectivity index (χ3n) is 2.20. The minimum atomic E-state index is 0. The van der Waals surface area contributed by atoms with Gasteiger partial charge in [-0.05, 0) is 19.1 Å². The molecule has 0 aliphatic heterocycles. The van der Waals surface area contributed by atoms with E-state index in [0.717, 1.165) is 17.9 Å². The van der Waals surface area contributed by atoms with Crippen LogP contribution in [0.5, 0.6) is 0 Å². The molecule has 0 saturated carbocycles. The Hall–Kier alpha value is -0.770. The first-order valence-corrected chi connectivity index (χ1v) is 4.45. The van der Waals surface area contributed by atoms with Crippen LogP contribution in [0.3, 0.4) is 0 Å². The van der Waals surface area contributed by atoms with Gasteiger partial charge in [-0.1, -0.05) is 12.1 Å². The van der Waals surface area contributed by atoms with Crippen LogP contribution in [0, 0.1) is 6.92 Å². The SMILES string of the molecule is Cc1nc2ccccc2n1CCN.Cl.Cl. The normalized spacial score (nSPS) is 9.47. The molecule has 0 atom stereocenters. The number of aromatic nitrogens is 2. The molecule has 2 aromatic rings. The van der Waals surface area contributed by atoms with Crippen LogP contribution < -0.4 is 5.73 Å². The number of halogens is 2. The largest absolute Gasteiger partial charge is 0.329 e. The van der Waals surface area contributed by atoms with Crippen molar-refractivity contribution in [2.75, 3.05) is 6.54 Å². The van der Waals surface area contributed by atoms with Gasteiger partial charge in [0.2, 0.25) is 0 Å². The summed E-state index contributed by atoms with van der Waals surface area (Å²) in [6.45, 7) is 3.50. The monoisotopic (exact) mass is 247 g/mol. The molecule has 2 N–H and O–H groups in total. The molecule has 1 aromatic carbocycles. The molecule has 15 heavy (non-hydrogen) atoms. The average molecular weight is 248 g/mol. The zero-order valence-corrected chi connectivity index (χ0v) is 10.1. The number of para-hydroxylation sites is 2. The van der Waals surface area contributed by atoms with Gasteiger partial charge in [0.25, 0.3) is 0 Å². The van der Waals surface area contributed by atoms with Crippen LogP contribution in [0.25, 0.3) is 11.0 Å². The number of imidazole rings is 1. The van der Waals surface area contributed by atoms with Gasteiger partial charge in [-0.25, -0.2) is 4.98 Å². The van der Waals surface area contributed by atoms with Crippen LogP contribution in [-0.4, -0.2) is 16.1 Å².